The second kappa shape index (κ2) is 4.05. The molecule has 0 spiro atoms. The lowest BCUT2D eigenvalue weighted by Gasteiger charge is -2.09. The fourth-order valence-corrected chi connectivity index (χ4v) is 1.13. The van der Waals surface area contributed by atoms with Gasteiger partial charge in [0.05, 0.1) is 17.0 Å². The number of aromatic hydroxyl groups is 1. The number of nitrogens with zero attached hydrogens (tertiary/aromatic N) is 1. The summed E-state index contributed by atoms with van der Waals surface area (Å²) in [6.07, 6.45) is 1.25. The molecule has 5 nitrogen and oxygen atoms in total. The lowest BCUT2D eigenvalue weighted by molar-refractivity contribution is -0.386. The molecule has 0 aliphatic rings. The zero-order chi connectivity index (χ0) is 11.6. The average molecular weight is 212 g/mol. The van der Waals surface area contributed by atoms with E-state index in [1.54, 1.807) is 0 Å². The molecule has 0 unspecified atom stereocenters. The van der Waals surface area contributed by atoms with Crippen LogP contribution in [0.4, 0.5) is 10.1 Å². The van der Waals surface area contributed by atoms with Crippen LogP contribution >= 0.6 is 0 Å². The lowest BCUT2D eigenvalue weighted by atomic mass is 10.1. The minimum Gasteiger partial charge on any atom is -0.502 e. The first kappa shape index (κ1) is 11.1. The number of nitro benzene ring substituents is 1. The van der Waals surface area contributed by atoms with Crippen LogP contribution in [0.3, 0.4) is 0 Å². The molecule has 1 aromatic rings. The van der Waals surface area contributed by atoms with Crippen LogP contribution in [0.1, 0.15) is 11.6 Å². The molecule has 0 bridgehead atoms. The van der Waals surface area contributed by atoms with Crippen molar-refractivity contribution >= 4 is 5.69 Å². The van der Waals surface area contributed by atoms with Gasteiger partial charge in [0, 0.05) is 5.56 Å². The van der Waals surface area contributed by atoms with Crippen molar-refractivity contribution in [3.8, 4) is 5.75 Å². The molecule has 15 heavy (non-hydrogen) atoms. The molecule has 0 aliphatic heterocycles. The van der Waals surface area contributed by atoms with Gasteiger partial charge in [0.2, 0.25) is 0 Å². The third kappa shape index (κ3) is 2.10. The van der Waals surface area contributed by atoms with Crippen molar-refractivity contribution in [3.05, 3.63) is 46.3 Å². The Bertz CT molecular complexity index is 420. The van der Waals surface area contributed by atoms with Crippen LogP contribution in [0.25, 0.3) is 0 Å². The minimum absolute atomic E-state index is 0.0586. The predicted molar refractivity (Wildman–Crippen MR) is 51.8 cm³/mol. The molecule has 0 amide bonds. The predicted octanol–water partition coefficient (Wildman–Crippen LogP) is 1.63. The summed E-state index contributed by atoms with van der Waals surface area (Å²) < 4.78 is 13.0. The number of phenols is 1. The van der Waals surface area contributed by atoms with E-state index in [-0.39, 0.29) is 5.56 Å². The Hall–Kier alpha value is -1.95. The molecule has 0 aliphatic carbocycles. The third-order valence-electron chi connectivity index (χ3n) is 1.89. The van der Waals surface area contributed by atoms with E-state index < -0.39 is 28.2 Å². The quantitative estimate of drug-likeness (QED) is 0.452. The number of hydrogen-bond donors (Lipinski definition) is 2. The van der Waals surface area contributed by atoms with Crippen LogP contribution in [-0.2, 0) is 0 Å². The van der Waals surface area contributed by atoms with Crippen LogP contribution in [0, 0.1) is 15.9 Å². The van der Waals surface area contributed by atoms with Gasteiger partial charge in [0.25, 0.3) is 0 Å². The second-order valence-electron chi connectivity index (χ2n) is 2.88. The smallest absolute Gasteiger partial charge is 0.313 e. The Balaban J connectivity index is 3.40. The van der Waals surface area contributed by atoms with Gasteiger partial charge in [-0.3, -0.25) is 10.1 Å². The van der Waals surface area contributed by atoms with Gasteiger partial charge in [0.1, 0.15) is 5.82 Å². The number of hydrogen-bond acceptors (Lipinski definition) is 4. The average Bonchev–Trinajstić information content (AvgIpc) is 2.19. The molecule has 0 aromatic heterocycles. The number of nitrogens with two attached hydrogens (primary N) is 1. The van der Waals surface area contributed by atoms with Crippen molar-refractivity contribution in [3.63, 3.8) is 0 Å². The van der Waals surface area contributed by atoms with Crippen molar-refractivity contribution < 1.29 is 14.4 Å². The fraction of sp³-hybridized carbons (Fsp3) is 0.111. The van der Waals surface area contributed by atoms with E-state index in [1.807, 2.05) is 0 Å². The lowest BCUT2D eigenvalue weighted by Crippen LogP contribution is -2.08. The Morgan fingerprint density at radius 2 is 2.27 bits per heavy atom. The first-order chi connectivity index (χ1) is 6.97. The van der Waals surface area contributed by atoms with Crippen LogP contribution in [0.5, 0.6) is 5.75 Å². The first-order valence-electron chi connectivity index (χ1n) is 4.02. The number of rotatable bonds is 3. The minimum atomic E-state index is -0.877. The maximum Gasteiger partial charge on any atom is 0.313 e. The van der Waals surface area contributed by atoms with Crippen LogP contribution in [0.2, 0.25) is 0 Å². The SMILES string of the molecule is C=C[C@H](N)c1cc(F)cc([N+](=O)[O-])c1O. The summed E-state index contributed by atoms with van der Waals surface area (Å²) in [7, 11) is 0. The van der Waals surface area contributed by atoms with Gasteiger partial charge < -0.3 is 10.8 Å². The molecule has 80 valence electrons. The molecular formula is C9H9FN2O3. The highest BCUT2D eigenvalue weighted by Gasteiger charge is 2.21. The zero-order valence-corrected chi connectivity index (χ0v) is 7.68. The van der Waals surface area contributed by atoms with E-state index in [0.29, 0.717) is 6.07 Å². The monoisotopic (exact) mass is 212 g/mol. The molecule has 0 saturated heterocycles. The molecule has 0 radical (unpaired) electrons. The van der Waals surface area contributed by atoms with Gasteiger partial charge in [-0.1, -0.05) is 6.08 Å². The van der Waals surface area contributed by atoms with Gasteiger partial charge >= 0.3 is 5.69 Å². The standard InChI is InChI=1S/C9H9FN2O3/c1-2-7(11)6-3-5(10)4-8(9(6)13)12(14)15/h2-4,7,13H,1,11H2/t7-/m0/s1. The summed E-state index contributed by atoms with van der Waals surface area (Å²) >= 11 is 0. The Labute approximate surface area is 84.8 Å². The second-order valence-corrected chi connectivity index (χ2v) is 2.88. The highest BCUT2D eigenvalue weighted by molar-refractivity contribution is 5.52. The Kier molecular flexibility index (Phi) is 3.01. The van der Waals surface area contributed by atoms with E-state index in [1.165, 1.54) is 6.08 Å². The summed E-state index contributed by atoms with van der Waals surface area (Å²) in [5.41, 5.74) is 4.70. The topological polar surface area (TPSA) is 89.4 Å². The van der Waals surface area contributed by atoms with Gasteiger partial charge in [-0.2, -0.15) is 0 Å². The van der Waals surface area contributed by atoms with Crippen LogP contribution < -0.4 is 5.73 Å². The highest BCUT2D eigenvalue weighted by atomic mass is 19.1. The van der Waals surface area contributed by atoms with E-state index >= 15 is 0 Å². The van der Waals surface area contributed by atoms with Crippen LogP contribution in [0.15, 0.2) is 24.8 Å². The van der Waals surface area contributed by atoms with Crippen molar-refractivity contribution in [2.45, 2.75) is 6.04 Å². The number of benzene rings is 1. The molecule has 0 fully saturated rings. The molecule has 1 atom stereocenters. The molecule has 1 rings (SSSR count). The van der Waals surface area contributed by atoms with E-state index in [2.05, 4.69) is 6.58 Å². The number of halogens is 1. The summed E-state index contributed by atoms with van der Waals surface area (Å²) in [6.45, 7) is 3.35. The molecule has 1 aromatic carbocycles. The first-order valence-corrected chi connectivity index (χ1v) is 4.02. The Morgan fingerprint density at radius 3 is 2.73 bits per heavy atom. The fourth-order valence-electron chi connectivity index (χ4n) is 1.13. The van der Waals surface area contributed by atoms with Crippen molar-refractivity contribution in [2.24, 2.45) is 5.73 Å². The largest absolute Gasteiger partial charge is 0.502 e. The van der Waals surface area contributed by atoms with E-state index in [0.717, 1.165) is 6.07 Å². The molecule has 0 heterocycles. The van der Waals surface area contributed by atoms with Gasteiger partial charge in [-0.05, 0) is 6.07 Å². The van der Waals surface area contributed by atoms with E-state index in [9.17, 15) is 19.6 Å². The maximum atomic E-state index is 13.0. The van der Waals surface area contributed by atoms with Crippen molar-refractivity contribution in [2.75, 3.05) is 0 Å². The Morgan fingerprint density at radius 1 is 1.67 bits per heavy atom. The van der Waals surface area contributed by atoms with Gasteiger partial charge in [0.15, 0.2) is 5.75 Å². The summed E-state index contributed by atoms with van der Waals surface area (Å²) in [4.78, 5) is 9.57. The highest BCUT2D eigenvalue weighted by Crippen LogP contribution is 2.33. The zero-order valence-electron chi connectivity index (χ0n) is 7.68. The number of nitro groups is 1. The van der Waals surface area contributed by atoms with Crippen molar-refractivity contribution in [1.82, 2.24) is 0 Å². The summed E-state index contributed by atoms with van der Waals surface area (Å²) in [5.74, 6) is -1.46. The molecule has 0 saturated carbocycles. The normalized spacial score (nSPS) is 12.1. The summed E-state index contributed by atoms with van der Waals surface area (Å²) in [6, 6.07) is 0.725. The third-order valence-corrected chi connectivity index (χ3v) is 1.89. The summed E-state index contributed by atoms with van der Waals surface area (Å²) in [5, 5.41) is 19.9. The number of phenolic OH excluding ortho intramolecular Hbond substituents is 1. The van der Waals surface area contributed by atoms with Gasteiger partial charge in [-0.15, -0.1) is 6.58 Å². The van der Waals surface area contributed by atoms with Crippen molar-refractivity contribution in [1.29, 1.82) is 0 Å². The van der Waals surface area contributed by atoms with E-state index in [4.69, 9.17) is 5.73 Å². The molecule has 6 heteroatoms. The molecular weight excluding hydrogens is 203 g/mol. The molecule has 3 N–H and O–H groups in total. The van der Waals surface area contributed by atoms with Gasteiger partial charge in [-0.25, -0.2) is 4.39 Å². The van der Waals surface area contributed by atoms with Crippen LogP contribution in [-0.4, -0.2) is 10.0 Å². The maximum absolute atomic E-state index is 13.0.